The smallest absolute Gasteiger partial charge is 0.212 e. The lowest BCUT2D eigenvalue weighted by atomic mass is 9.96. The molecule has 0 bridgehead atoms. The first-order valence-corrected chi connectivity index (χ1v) is 7.57. The Labute approximate surface area is 118 Å². The largest absolute Gasteiger partial charge is 0.479 e. The lowest BCUT2D eigenvalue weighted by Gasteiger charge is -2.22. The number of rotatable bonds is 3. The Morgan fingerprint density at radius 1 is 1.53 bits per heavy atom. The van der Waals surface area contributed by atoms with Crippen LogP contribution in [0.4, 0.5) is 0 Å². The van der Waals surface area contributed by atoms with Gasteiger partial charge in [-0.2, -0.15) is 0 Å². The Kier molecular flexibility index (Phi) is 4.21. The minimum Gasteiger partial charge on any atom is -0.479 e. The maximum absolute atomic E-state index is 12.4. The van der Waals surface area contributed by atoms with Crippen LogP contribution in [0.3, 0.4) is 0 Å². The molecule has 2 heterocycles. The second-order valence-corrected chi connectivity index (χ2v) is 6.60. The van der Waals surface area contributed by atoms with E-state index in [4.69, 9.17) is 4.74 Å². The van der Waals surface area contributed by atoms with Crippen molar-refractivity contribution in [3.05, 3.63) is 35.6 Å². The fraction of sp³-hybridized carbons (Fsp3) is 0.533. The van der Waals surface area contributed by atoms with Crippen molar-refractivity contribution in [3.8, 4) is 0 Å². The van der Waals surface area contributed by atoms with Crippen molar-refractivity contribution in [2.75, 3.05) is 0 Å². The van der Waals surface area contributed by atoms with Gasteiger partial charge in [0, 0.05) is 11.7 Å². The molecule has 0 aliphatic carbocycles. The monoisotopic (exact) mass is 280 g/mol. The standard InChI is InChI=1S/C15H20O3S/c1-4-5-6-7-8-15(3)13(16)12-11(18-15)9-10(2)19-14(12)17/h5-8,10,14,17H,4,9H2,1-3H3/b6-5+,8-7+. The number of ketones is 1. The zero-order chi connectivity index (χ0) is 14.0. The molecule has 1 N–H and O–H groups in total. The van der Waals surface area contributed by atoms with Crippen LogP contribution in [0.25, 0.3) is 0 Å². The normalized spacial score (nSPS) is 35.3. The summed E-state index contributed by atoms with van der Waals surface area (Å²) in [4.78, 5) is 12.4. The molecule has 19 heavy (non-hydrogen) atoms. The van der Waals surface area contributed by atoms with Gasteiger partial charge in [0.25, 0.3) is 0 Å². The summed E-state index contributed by atoms with van der Waals surface area (Å²) in [5.41, 5.74) is -1.27. The van der Waals surface area contributed by atoms with Crippen LogP contribution in [0.15, 0.2) is 35.6 Å². The number of Topliss-reactive ketones (excluding diaryl/α,β-unsaturated/α-hetero) is 1. The molecule has 0 aromatic rings. The molecule has 0 aromatic carbocycles. The molecule has 4 heteroatoms. The Hall–Kier alpha value is -1.000. The maximum atomic E-state index is 12.4. The molecule has 0 radical (unpaired) electrons. The third-order valence-corrected chi connectivity index (χ3v) is 4.43. The van der Waals surface area contributed by atoms with E-state index in [1.807, 2.05) is 25.2 Å². The van der Waals surface area contributed by atoms with E-state index < -0.39 is 11.0 Å². The molecule has 0 saturated carbocycles. The lowest BCUT2D eigenvalue weighted by Crippen LogP contribution is -2.33. The molecule has 104 valence electrons. The van der Waals surface area contributed by atoms with E-state index in [9.17, 15) is 9.90 Å². The van der Waals surface area contributed by atoms with Gasteiger partial charge in [0.05, 0.1) is 5.57 Å². The van der Waals surface area contributed by atoms with Gasteiger partial charge in [-0.1, -0.05) is 32.1 Å². The molecule has 0 fully saturated rings. The van der Waals surface area contributed by atoms with Gasteiger partial charge in [0.2, 0.25) is 5.78 Å². The van der Waals surface area contributed by atoms with Crippen LogP contribution in [-0.4, -0.2) is 27.2 Å². The van der Waals surface area contributed by atoms with Crippen LogP contribution < -0.4 is 0 Å². The van der Waals surface area contributed by atoms with Gasteiger partial charge in [-0.15, -0.1) is 11.8 Å². The third-order valence-electron chi connectivity index (χ3n) is 3.31. The van der Waals surface area contributed by atoms with Crippen LogP contribution in [-0.2, 0) is 9.53 Å². The van der Waals surface area contributed by atoms with Crippen molar-refractivity contribution in [2.45, 2.75) is 49.9 Å². The fourth-order valence-electron chi connectivity index (χ4n) is 2.31. The molecule has 0 aromatic heterocycles. The van der Waals surface area contributed by atoms with Crippen LogP contribution >= 0.6 is 11.8 Å². The summed E-state index contributed by atoms with van der Waals surface area (Å²) in [5, 5.41) is 10.3. The summed E-state index contributed by atoms with van der Waals surface area (Å²) in [7, 11) is 0. The highest BCUT2D eigenvalue weighted by atomic mass is 32.2. The second kappa shape index (κ2) is 5.55. The molecule has 3 nitrogen and oxygen atoms in total. The van der Waals surface area contributed by atoms with Gasteiger partial charge < -0.3 is 9.84 Å². The minimum absolute atomic E-state index is 0.115. The number of carbonyl (C=O) groups excluding carboxylic acids is 1. The van der Waals surface area contributed by atoms with Gasteiger partial charge >= 0.3 is 0 Å². The van der Waals surface area contributed by atoms with Gasteiger partial charge in [-0.25, -0.2) is 0 Å². The van der Waals surface area contributed by atoms with Crippen molar-refractivity contribution in [3.63, 3.8) is 0 Å². The molecule has 2 rings (SSSR count). The Morgan fingerprint density at radius 2 is 2.26 bits per heavy atom. The molecule has 3 unspecified atom stereocenters. The predicted octanol–water partition coefficient (Wildman–Crippen LogP) is 2.96. The van der Waals surface area contributed by atoms with E-state index in [0.717, 1.165) is 6.42 Å². The Morgan fingerprint density at radius 3 is 2.95 bits per heavy atom. The summed E-state index contributed by atoms with van der Waals surface area (Å²) < 4.78 is 5.82. The summed E-state index contributed by atoms with van der Waals surface area (Å²) >= 11 is 1.41. The summed E-state index contributed by atoms with van der Waals surface area (Å²) in [5.74, 6) is 0.547. The molecule has 0 amide bonds. The molecule has 2 aliphatic rings. The zero-order valence-electron chi connectivity index (χ0n) is 11.6. The number of hydrogen-bond acceptors (Lipinski definition) is 4. The van der Waals surface area contributed by atoms with Gasteiger partial charge in [0.1, 0.15) is 11.2 Å². The van der Waals surface area contributed by atoms with Crippen molar-refractivity contribution in [2.24, 2.45) is 0 Å². The number of aliphatic hydroxyl groups is 1. The van der Waals surface area contributed by atoms with Crippen molar-refractivity contribution in [1.29, 1.82) is 0 Å². The molecule has 2 aliphatic heterocycles. The third kappa shape index (κ3) is 2.79. The molecular weight excluding hydrogens is 260 g/mol. The highest BCUT2D eigenvalue weighted by Crippen LogP contribution is 2.44. The number of carbonyl (C=O) groups is 1. The van der Waals surface area contributed by atoms with Crippen molar-refractivity contribution < 1.29 is 14.6 Å². The van der Waals surface area contributed by atoms with Crippen LogP contribution in [0.5, 0.6) is 0 Å². The van der Waals surface area contributed by atoms with Crippen molar-refractivity contribution in [1.82, 2.24) is 0 Å². The first-order valence-electron chi connectivity index (χ1n) is 6.62. The van der Waals surface area contributed by atoms with Gasteiger partial charge in [-0.05, 0) is 19.4 Å². The molecule has 0 spiro atoms. The first kappa shape index (κ1) is 14.4. The quantitative estimate of drug-likeness (QED) is 0.807. The van der Waals surface area contributed by atoms with E-state index in [1.165, 1.54) is 11.8 Å². The van der Waals surface area contributed by atoms with Gasteiger partial charge in [0.15, 0.2) is 5.60 Å². The molecule has 3 atom stereocenters. The Balaban J connectivity index is 2.19. The van der Waals surface area contributed by atoms with Crippen LogP contribution in [0.1, 0.15) is 33.6 Å². The lowest BCUT2D eigenvalue weighted by molar-refractivity contribution is -0.125. The number of hydrogen-bond donors (Lipinski definition) is 1. The van der Waals surface area contributed by atoms with Crippen molar-refractivity contribution >= 4 is 17.5 Å². The van der Waals surface area contributed by atoms with E-state index >= 15 is 0 Å². The average Bonchev–Trinajstić information content (AvgIpc) is 2.57. The second-order valence-electron chi connectivity index (χ2n) is 5.07. The van der Waals surface area contributed by atoms with Gasteiger partial charge in [-0.3, -0.25) is 4.79 Å². The number of aliphatic hydroxyl groups excluding tert-OH is 1. The molecule has 0 saturated heterocycles. The zero-order valence-corrected chi connectivity index (χ0v) is 12.4. The maximum Gasteiger partial charge on any atom is 0.212 e. The number of allylic oxidation sites excluding steroid dienone is 4. The number of thioether (sulfide) groups is 1. The summed E-state index contributed by atoms with van der Waals surface area (Å²) in [6.45, 7) is 5.84. The minimum atomic E-state index is -0.964. The van der Waals surface area contributed by atoms with E-state index in [-0.39, 0.29) is 11.0 Å². The van der Waals surface area contributed by atoms with E-state index in [1.54, 1.807) is 13.0 Å². The fourth-order valence-corrected chi connectivity index (χ4v) is 3.38. The van der Waals surface area contributed by atoms with Crippen LogP contribution in [0, 0.1) is 0 Å². The topological polar surface area (TPSA) is 46.5 Å². The summed E-state index contributed by atoms with van der Waals surface area (Å²) in [6.07, 6.45) is 9.19. The van der Waals surface area contributed by atoms with E-state index in [2.05, 4.69) is 6.92 Å². The highest BCUT2D eigenvalue weighted by Gasteiger charge is 2.48. The number of ether oxygens (including phenoxy) is 1. The summed E-state index contributed by atoms with van der Waals surface area (Å²) in [6, 6.07) is 0. The Bertz CT molecular complexity index is 464. The first-order chi connectivity index (χ1) is 8.98. The molecular formula is C15H20O3S. The average molecular weight is 280 g/mol. The van der Waals surface area contributed by atoms with E-state index in [0.29, 0.717) is 17.8 Å². The highest BCUT2D eigenvalue weighted by molar-refractivity contribution is 8.00. The predicted molar refractivity (Wildman–Crippen MR) is 77.8 cm³/mol. The SMILES string of the molecule is CC/C=C/C=C/C1(C)OC2=C(C1=O)C(O)SC(C)C2. The van der Waals surface area contributed by atoms with Crippen LogP contribution in [0.2, 0.25) is 0 Å².